The van der Waals surface area contributed by atoms with Crippen LogP contribution in [0.4, 0.5) is 4.39 Å². The maximum atomic E-state index is 13.8. The standard InChI is InChI=1S/C20H19FN2O2/c1-12(24)23-20(14-4-3-5-15(21)10-14)17-9-7-13-6-8-16(25-2)11-18(13)19(17)22-23/h3-6,8,10-11,17,20H,7,9H2,1-2H3. The molecule has 2 atom stereocenters. The number of ether oxygens (including phenoxy) is 1. The second-order valence-electron chi connectivity index (χ2n) is 6.52. The Hall–Kier alpha value is -2.69. The molecule has 1 amide bonds. The van der Waals surface area contributed by atoms with Gasteiger partial charge in [0.1, 0.15) is 11.6 Å². The number of benzene rings is 2. The van der Waals surface area contributed by atoms with Crippen LogP contribution in [-0.2, 0) is 11.2 Å². The van der Waals surface area contributed by atoms with Gasteiger partial charge in [-0.1, -0.05) is 18.2 Å². The number of aryl methyl sites for hydroxylation is 1. The minimum Gasteiger partial charge on any atom is -0.497 e. The average molecular weight is 338 g/mol. The highest BCUT2D eigenvalue weighted by atomic mass is 19.1. The zero-order valence-electron chi connectivity index (χ0n) is 14.2. The normalized spacial score (nSPS) is 21.4. The van der Waals surface area contributed by atoms with Gasteiger partial charge in [-0.05, 0) is 48.2 Å². The Labute approximate surface area is 145 Å². The van der Waals surface area contributed by atoms with Crippen molar-refractivity contribution in [3.63, 3.8) is 0 Å². The number of fused-ring (bicyclic) bond motifs is 3. The molecule has 4 nitrogen and oxygen atoms in total. The Bertz CT molecular complexity index is 878. The highest BCUT2D eigenvalue weighted by molar-refractivity contribution is 6.07. The number of carbonyl (C=O) groups is 1. The highest BCUT2D eigenvalue weighted by Gasteiger charge is 2.43. The Morgan fingerprint density at radius 2 is 2.12 bits per heavy atom. The molecule has 25 heavy (non-hydrogen) atoms. The summed E-state index contributed by atoms with van der Waals surface area (Å²) in [6, 6.07) is 12.2. The molecule has 1 heterocycles. The lowest BCUT2D eigenvalue weighted by atomic mass is 9.77. The maximum absolute atomic E-state index is 13.8. The number of amides is 1. The topological polar surface area (TPSA) is 41.9 Å². The summed E-state index contributed by atoms with van der Waals surface area (Å²) in [5, 5.41) is 6.14. The molecule has 0 N–H and O–H groups in total. The molecule has 0 spiro atoms. The van der Waals surface area contributed by atoms with E-state index in [-0.39, 0.29) is 23.7 Å². The van der Waals surface area contributed by atoms with Gasteiger partial charge in [-0.15, -0.1) is 0 Å². The largest absolute Gasteiger partial charge is 0.497 e. The minimum absolute atomic E-state index is 0.0605. The number of rotatable bonds is 2. The van der Waals surface area contributed by atoms with Crippen molar-refractivity contribution in [2.24, 2.45) is 11.0 Å². The van der Waals surface area contributed by atoms with Crippen LogP contribution in [0.5, 0.6) is 5.75 Å². The van der Waals surface area contributed by atoms with Crippen LogP contribution >= 0.6 is 0 Å². The molecule has 1 aliphatic heterocycles. The molecule has 0 saturated carbocycles. The second-order valence-corrected chi connectivity index (χ2v) is 6.52. The first-order valence-corrected chi connectivity index (χ1v) is 8.39. The van der Waals surface area contributed by atoms with Crippen molar-refractivity contribution in [3.8, 4) is 5.75 Å². The van der Waals surface area contributed by atoms with Crippen molar-refractivity contribution >= 4 is 11.6 Å². The monoisotopic (exact) mass is 338 g/mol. The van der Waals surface area contributed by atoms with E-state index in [1.54, 1.807) is 13.2 Å². The predicted octanol–water partition coefficient (Wildman–Crippen LogP) is 3.70. The third-order valence-corrected chi connectivity index (χ3v) is 5.04. The molecule has 1 aliphatic carbocycles. The van der Waals surface area contributed by atoms with Crippen LogP contribution in [0.1, 0.15) is 36.1 Å². The van der Waals surface area contributed by atoms with Crippen LogP contribution in [0.2, 0.25) is 0 Å². The van der Waals surface area contributed by atoms with Crippen LogP contribution < -0.4 is 4.74 Å². The molecule has 2 unspecified atom stereocenters. The lowest BCUT2D eigenvalue weighted by Crippen LogP contribution is -2.31. The summed E-state index contributed by atoms with van der Waals surface area (Å²) < 4.78 is 19.1. The molecule has 2 aromatic rings. The number of methoxy groups -OCH3 is 1. The molecule has 0 fully saturated rings. The fraction of sp³-hybridized carbons (Fsp3) is 0.300. The Morgan fingerprint density at radius 1 is 1.28 bits per heavy atom. The lowest BCUT2D eigenvalue weighted by molar-refractivity contribution is -0.131. The van der Waals surface area contributed by atoms with Crippen molar-refractivity contribution in [2.75, 3.05) is 7.11 Å². The molecule has 0 radical (unpaired) electrons. The van der Waals surface area contributed by atoms with Gasteiger partial charge >= 0.3 is 0 Å². The summed E-state index contributed by atoms with van der Waals surface area (Å²) in [4.78, 5) is 12.2. The number of carbonyl (C=O) groups excluding carboxylic acids is 1. The maximum Gasteiger partial charge on any atom is 0.240 e. The van der Waals surface area contributed by atoms with Gasteiger partial charge in [-0.25, -0.2) is 9.40 Å². The summed E-state index contributed by atoms with van der Waals surface area (Å²) in [5.74, 6) is 0.393. The van der Waals surface area contributed by atoms with E-state index in [0.29, 0.717) is 0 Å². The Balaban J connectivity index is 1.82. The Kier molecular flexibility index (Phi) is 3.79. The van der Waals surface area contributed by atoms with Gasteiger partial charge < -0.3 is 4.74 Å². The first kappa shape index (κ1) is 15.8. The van der Waals surface area contributed by atoms with E-state index in [2.05, 4.69) is 11.2 Å². The van der Waals surface area contributed by atoms with Crippen molar-refractivity contribution in [1.29, 1.82) is 0 Å². The van der Waals surface area contributed by atoms with Crippen LogP contribution in [0.25, 0.3) is 0 Å². The quantitative estimate of drug-likeness (QED) is 0.838. The van der Waals surface area contributed by atoms with Gasteiger partial charge in [0, 0.05) is 18.4 Å². The zero-order valence-corrected chi connectivity index (χ0v) is 14.2. The number of hydrogen-bond donors (Lipinski definition) is 0. The zero-order chi connectivity index (χ0) is 17.6. The minimum atomic E-state index is -0.299. The third kappa shape index (κ3) is 2.60. The molecule has 128 valence electrons. The van der Waals surface area contributed by atoms with Gasteiger partial charge in [0.05, 0.1) is 18.9 Å². The van der Waals surface area contributed by atoms with Crippen LogP contribution in [0.3, 0.4) is 0 Å². The molecule has 0 aromatic heterocycles. The van der Waals surface area contributed by atoms with Crippen LogP contribution in [0, 0.1) is 11.7 Å². The molecular formula is C20H19FN2O2. The fourth-order valence-corrected chi connectivity index (χ4v) is 3.90. The van der Waals surface area contributed by atoms with Gasteiger partial charge in [0.25, 0.3) is 0 Å². The highest BCUT2D eigenvalue weighted by Crippen LogP contribution is 2.44. The molecular weight excluding hydrogens is 319 g/mol. The fourth-order valence-electron chi connectivity index (χ4n) is 3.90. The Morgan fingerprint density at radius 3 is 2.84 bits per heavy atom. The van der Waals surface area contributed by atoms with E-state index < -0.39 is 0 Å². The summed E-state index contributed by atoms with van der Waals surface area (Å²) in [6.07, 6.45) is 1.78. The second kappa shape index (κ2) is 5.99. The first-order chi connectivity index (χ1) is 12.1. The van der Waals surface area contributed by atoms with Crippen molar-refractivity contribution in [3.05, 3.63) is 65.0 Å². The molecule has 0 saturated heterocycles. The molecule has 2 aliphatic rings. The molecule has 4 rings (SSSR count). The number of hydrogen-bond acceptors (Lipinski definition) is 3. The average Bonchev–Trinajstić information content (AvgIpc) is 3.01. The number of halogens is 1. The van der Waals surface area contributed by atoms with Crippen molar-refractivity contribution in [2.45, 2.75) is 25.8 Å². The smallest absolute Gasteiger partial charge is 0.240 e. The van der Waals surface area contributed by atoms with Crippen LogP contribution in [0.15, 0.2) is 47.6 Å². The molecule has 5 heteroatoms. The SMILES string of the molecule is COc1ccc2c(c1)C1=NN(C(C)=O)C(c3cccc(F)c3)C1CC2. The van der Waals surface area contributed by atoms with Gasteiger partial charge in [0.2, 0.25) is 5.91 Å². The van der Waals surface area contributed by atoms with E-state index in [9.17, 15) is 9.18 Å². The molecule has 2 aromatic carbocycles. The lowest BCUT2D eigenvalue weighted by Gasteiger charge is -2.29. The van der Waals surface area contributed by atoms with Gasteiger partial charge in [0.15, 0.2) is 0 Å². The van der Waals surface area contributed by atoms with Crippen molar-refractivity contribution in [1.82, 2.24) is 5.01 Å². The van der Waals surface area contributed by atoms with E-state index in [1.807, 2.05) is 18.2 Å². The van der Waals surface area contributed by atoms with E-state index in [0.717, 1.165) is 35.4 Å². The first-order valence-electron chi connectivity index (χ1n) is 8.39. The summed E-state index contributed by atoms with van der Waals surface area (Å²) in [5.41, 5.74) is 3.91. The van der Waals surface area contributed by atoms with Crippen LogP contribution in [-0.4, -0.2) is 23.7 Å². The van der Waals surface area contributed by atoms with E-state index >= 15 is 0 Å². The number of hydrazone groups is 1. The molecule has 0 bridgehead atoms. The van der Waals surface area contributed by atoms with E-state index in [4.69, 9.17) is 4.74 Å². The number of nitrogens with zero attached hydrogens (tertiary/aromatic N) is 2. The summed E-state index contributed by atoms with van der Waals surface area (Å²) in [7, 11) is 1.63. The predicted molar refractivity (Wildman–Crippen MR) is 93.0 cm³/mol. The summed E-state index contributed by atoms with van der Waals surface area (Å²) >= 11 is 0. The van der Waals surface area contributed by atoms with E-state index in [1.165, 1.54) is 29.6 Å². The third-order valence-electron chi connectivity index (χ3n) is 5.04. The van der Waals surface area contributed by atoms with Crippen molar-refractivity contribution < 1.29 is 13.9 Å². The summed E-state index contributed by atoms with van der Waals surface area (Å²) in [6.45, 7) is 1.50. The van der Waals surface area contributed by atoms with Gasteiger partial charge in [-0.2, -0.15) is 5.10 Å². The van der Waals surface area contributed by atoms with Gasteiger partial charge in [-0.3, -0.25) is 4.79 Å².